The van der Waals surface area contributed by atoms with E-state index in [1.54, 1.807) is 0 Å². The number of esters is 1. The smallest absolute Gasteiger partial charge is 0.327 e. The molecule has 2 heterocycles. The summed E-state index contributed by atoms with van der Waals surface area (Å²) in [6, 6.07) is 3.04. The van der Waals surface area contributed by atoms with Gasteiger partial charge in [-0.25, -0.2) is 5.43 Å². The number of pyridine rings is 1. The van der Waals surface area contributed by atoms with Gasteiger partial charge in [0, 0.05) is 24.0 Å². The fraction of sp³-hybridized carbons (Fsp3) is 0.214. The third-order valence-electron chi connectivity index (χ3n) is 2.82. The molecule has 2 rings (SSSR count). The summed E-state index contributed by atoms with van der Waals surface area (Å²) < 4.78 is 4.88. The molecule has 7 heteroatoms. The molecule has 0 radical (unpaired) electrons. The Morgan fingerprint density at radius 3 is 2.62 bits per heavy atom. The summed E-state index contributed by atoms with van der Waals surface area (Å²) in [5.41, 5.74) is 2.82. The summed E-state index contributed by atoms with van der Waals surface area (Å²) in [6.45, 7) is 2.99. The first kappa shape index (κ1) is 14.6. The Hall–Kier alpha value is -2.83. The summed E-state index contributed by atoms with van der Waals surface area (Å²) in [7, 11) is 0. The van der Waals surface area contributed by atoms with E-state index in [1.807, 2.05) is 0 Å². The Morgan fingerprint density at radius 1 is 1.33 bits per heavy atom. The number of hydrazone groups is 1. The second-order valence-corrected chi connectivity index (χ2v) is 4.44. The number of nitrogens with one attached hydrogen (secondary N) is 1. The van der Waals surface area contributed by atoms with Gasteiger partial charge in [-0.05, 0) is 26.0 Å². The zero-order valence-electron chi connectivity index (χ0n) is 11.5. The Kier molecular flexibility index (Phi) is 4.22. The number of rotatable bonds is 3. The predicted octanol–water partition coefficient (Wildman–Crippen LogP) is 0.833. The van der Waals surface area contributed by atoms with Crippen LogP contribution < -0.4 is 5.43 Å². The predicted molar refractivity (Wildman–Crippen MR) is 73.2 cm³/mol. The first-order valence-electron chi connectivity index (χ1n) is 6.17. The molecule has 108 valence electrons. The maximum absolute atomic E-state index is 11.8. The standard InChI is InChI=1S/C14H13N3O4/c1-8-7-11(18)12(14(20)21-8)9(2)16-17-13(19)10-3-5-15-6-4-10/h3-7,12H,1-2H3,(H,17,19). The van der Waals surface area contributed by atoms with E-state index in [-0.39, 0.29) is 11.5 Å². The third-order valence-corrected chi connectivity index (χ3v) is 2.82. The minimum absolute atomic E-state index is 0.163. The lowest BCUT2D eigenvalue weighted by Crippen LogP contribution is -2.35. The van der Waals surface area contributed by atoms with Crippen molar-refractivity contribution in [3.8, 4) is 0 Å². The van der Waals surface area contributed by atoms with E-state index in [0.717, 1.165) is 0 Å². The summed E-state index contributed by atoms with van der Waals surface area (Å²) in [6.07, 6.45) is 4.18. The number of amides is 1. The number of ketones is 1. The van der Waals surface area contributed by atoms with Crippen LogP contribution in [0.4, 0.5) is 0 Å². The fourth-order valence-corrected chi connectivity index (χ4v) is 1.79. The highest BCUT2D eigenvalue weighted by Crippen LogP contribution is 2.16. The van der Waals surface area contributed by atoms with Crippen molar-refractivity contribution in [2.45, 2.75) is 13.8 Å². The fourth-order valence-electron chi connectivity index (χ4n) is 1.79. The van der Waals surface area contributed by atoms with Gasteiger partial charge in [-0.15, -0.1) is 0 Å². The molecule has 1 amide bonds. The molecular weight excluding hydrogens is 274 g/mol. The quantitative estimate of drug-likeness (QED) is 0.384. The molecule has 0 aliphatic carbocycles. The van der Waals surface area contributed by atoms with Gasteiger partial charge < -0.3 is 4.74 Å². The topological polar surface area (TPSA) is 97.7 Å². The average molecular weight is 287 g/mol. The summed E-state index contributed by atoms with van der Waals surface area (Å²) in [5.74, 6) is -2.44. The molecule has 21 heavy (non-hydrogen) atoms. The zero-order valence-corrected chi connectivity index (χ0v) is 11.5. The molecule has 1 aliphatic heterocycles. The van der Waals surface area contributed by atoms with Crippen molar-refractivity contribution in [3.05, 3.63) is 41.9 Å². The number of hydrogen-bond acceptors (Lipinski definition) is 6. The largest absolute Gasteiger partial charge is 0.430 e. The Labute approximate surface area is 120 Å². The number of allylic oxidation sites excluding steroid dienone is 2. The Bertz CT molecular complexity index is 649. The third kappa shape index (κ3) is 3.38. The first-order chi connectivity index (χ1) is 9.99. The van der Waals surface area contributed by atoms with Crippen LogP contribution in [0.25, 0.3) is 0 Å². The van der Waals surface area contributed by atoms with Crippen molar-refractivity contribution in [1.29, 1.82) is 0 Å². The molecular formula is C14H13N3O4. The number of carbonyl (C=O) groups excluding carboxylic acids is 3. The molecule has 1 aliphatic rings. The van der Waals surface area contributed by atoms with Crippen molar-refractivity contribution in [3.63, 3.8) is 0 Å². The van der Waals surface area contributed by atoms with E-state index < -0.39 is 23.6 Å². The van der Waals surface area contributed by atoms with Crippen molar-refractivity contribution >= 4 is 23.4 Å². The van der Waals surface area contributed by atoms with Gasteiger partial charge in [-0.3, -0.25) is 19.4 Å². The summed E-state index contributed by atoms with van der Waals surface area (Å²) in [5, 5.41) is 3.80. The van der Waals surface area contributed by atoms with Crippen LogP contribution in [0.15, 0.2) is 41.5 Å². The number of ether oxygens (including phenoxy) is 1. The molecule has 0 saturated heterocycles. The molecule has 1 aromatic rings. The van der Waals surface area contributed by atoms with E-state index in [4.69, 9.17) is 4.74 Å². The van der Waals surface area contributed by atoms with Crippen molar-refractivity contribution in [2.75, 3.05) is 0 Å². The van der Waals surface area contributed by atoms with Crippen LogP contribution in [0.1, 0.15) is 24.2 Å². The number of cyclic esters (lactones) is 1. The molecule has 0 spiro atoms. The van der Waals surface area contributed by atoms with Crippen LogP contribution in [0.3, 0.4) is 0 Å². The molecule has 7 nitrogen and oxygen atoms in total. The van der Waals surface area contributed by atoms with Gasteiger partial charge in [0.05, 0.1) is 5.71 Å². The molecule has 1 aromatic heterocycles. The second-order valence-electron chi connectivity index (χ2n) is 4.44. The van der Waals surface area contributed by atoms with Gasteiger partial charge in [0.1, 0.15) is 5.76 Å². The van der Waals surface area contributed by atoms with Crippen molar-refractivity contribution < 1.29 is 19.1 Å². The van der Waals surface area contributed by atoms with Crippen molar-refractivity contribution in [1.82, 2.24) is 10.4 Å². The lowest BCUT2D eigenvalue weighted by Gasteiger charge is -2.17. The Balaban J connectivity index is 2.10. The molecule has 0 aromatic carbocycles. The monoisotopic (exact) mass is 287 g/mol. The van der Waals surface area contributed by atoms with E-state index >= 15 is 0 Å². The van der Waals surface area contributed by atoms with E-state index in [0.29, 0.717) is 5.56 Å². The van der Waals surface area contributed by atoms with E-state index in [9.17, 15) is 14.4 Å². The molecule has 1 atom stereocenters. The lowest BCUT2D eigenvalue weighted by molar-refractivity contribution is -0.146. The van der Waals surface area contributed by atoms with Crippen LogP contribution in [-0.2, 0) is 14.3 Å². The summed E-state index contributed by atoms with van der Waals surface area (Å²) >= 11 is 0. The number of aromatic nitrogens is 1. The Morgan fingerprint density at radius 2 is 2.00 bits per heavy atom. The van der Waals surface area contributed by atoms with Gasteiger partial charge in [0.2, 0.25) is 0 Å². The second kappa shape index (κ2) is 6.08. The van der Waals surface area contributed by atoms with Gasteiger partial charge >= 0.3 is 5.97 Å². The lowest BCUT2D eigenvalue weighted by atomic mass is 9.97. The van der Waals surface area contributed by atoms with Crippen LogP contribution in [-0.4, -0.2) is 28.4 Å². The highest BCUT2D eigenvalue weighted by molar-refractivity contribution is 6.23. The van der Waals surface area contributed by atoms with E-state index in [2.05, 4.69) is 15.5 Å². The molecule has 0 bridgehead atoms. The zero-order chi connectivity index (χ0) is 15.4. The average Bonchev–Trinajstić information content (AvgIpc) is 2.44. The summed E-state index contributed by atoms with van der Waals surface area (Å²) in [4.78, 5) is 39.1. The maximum Gasteiger partial charge on any atom is 0.327 e. The SMILES string of the molecule is CC1=CC(=O)C(C(C)=NNC(=O)c2ccncc2)C(=O)O1. The minimum Gasteiger partial charge on any atom is -0.430 e. The van der Waals surface area contributed by atoms with Gasteiger partial charge in [0.15, 0.2) is 11.7 Å². The van der Waals surface area contributed by atoms with Crippen LogP contribution in [0.5, 0.6) is 0 Å². The molecule has 1 N–H and O–H groups in total. The number of carbonyl (C=O) groups is 3. The van der Waals surface area contributed by atoms with Gasteiger partial charge in [-0.2, -0.15) is 5.10 Å². The highest BCUT2D eigenvalue weighted by atomic mass is 16.5. The van der Waals surface area contributed by atoms with Crippen molar-refractivity contribution in [2.24, 2.45) is 11.0 Å². The molecule has 0 fully saturated rings. The normalized spacial score (nSPS) is 18.9. The molecule has 0 saturated carbocycles. The van der Waals surface area contributed by atoms with E-state index in [1.165, 1.54) is 44.4 Å². The van der Waals surface area contributed by atoms with Gasteiger partial charge in [0.25, 0.3) is 5.91 Å². The number of hydrogen-bond donors (Lipinski definition) is 1. The van der Waals surface area contributed by atoms with Crippen LogP contribution in [0.2, 0.25) is 0 Å². The highest BCUT2D eigenvalue weighted by Gasteiger charge is 2.34. The van der Waals surface area contributed by atoms with Crippen LogP contribution in [0, 0.1) is 5.92 Å². The number of nitrogens with zero attached hydrogens (tertiary/aromatic N) is 2. The van der Waals surface area contributed by atoms with Gasteiger partial charge in [-0.1, -0.05) is 0 Å². The molecule has 1 unspecified atom stereocenters. The first-order valence-corrected chi connectivity index (χ1v) is 6.17. The van der Waals surface area contributed by atoms with Crippen LogP contribution >= 0.6 is 0 Å². The minimum atomic E-state index is -1.12. The maximum atomic E-state index is 11.8.